The number of carbonyl (C=O) groups excluding carboxylic acids is 2. The second-order valence-electron chi connectivity index (χ2n) is 7.29. The summed E-state index contributed by atoms with van der Waals surface area (Å²) in [6.45, 7) is 9.30. The zero-order chi connectivity index (χ0) is 21.8. The minimum absolute atomic E-state index is 0.363. The highest BCUT2D eigenvalue weighted by Gasteiger charge is 2.23. The molecule has 3 rings (SSSR count). The molecule has 0 aliphatic rings. The van der Waals surface area contributed by atoms with Gasteiger partial charge in [0.25, 0.3) is 5.91 Å². The van der Waals surface area contributed by atoms with Crippen molar-refractivity contribution in [1.82, 2.24) is 4.98 Å². The molecule has 1 atom stereocenters. The van der Waals surface area contributed by atoms with Crippen LogP contribution in [0, 0.1) is 20.8 Å². The number of aryl methyl sites for hydroxylation is 4. The number of nitrogens with zero attached hydrogens (tertiary/aromatic N) is 1. The maximum Gasteiger partial charge on any atom is 0.351 e. The first-order valence-electron chi connectivity index (χ1n) is 9.95. The largest absolute Gasteiger partial charge is 0.448 e. The Morgan fingerprint density at radius 3 is 2.30 bits per heavy atom. The summed E-state index contributed by atoms with van der Waals surface area (Å²) in [4.78, 5) is 30.2. The molecule has 0 bridgehead atoms. The molecule has 2 aromatic carbocycles. The fourth-order valence-electron chi connectivity index (χ4n) is 3.10. The number of esters is 1. The molecule has 30 heavy (non-hydrogen) atoms. The van der Waals surface area contributed by atoms with Crippen LogP contribution in [0.3, 0.4) is 0 Å². The lowest BCUT2D eigenvalue weighted by Crippen LogP contribution is -2.30. The number of hydrogen-bond donors (Lipinski definition) is 1. The monoisotopic (exact) mass is 422 g/mol. The Morgan fingerprint density at radius 2 is 1.70 bits per heavy atom. The molecule has 0 fully saturated rings. The van der Waals surface area contributed by atoms with Crippen molar-refractivity contribution in [2.24, 2.45) is 0 Å². The van der Waals surface area contributed by atoms with E-state index in [4.69, 9.17) is 4.74 Å². The zero-order valence-electron chi connectivity index (χ0n) is 17.9. The molecule has 0 spiro atoms. The molecule has 1 aromatic heterocycles. The number of anilines is 1. The van der Waals surface area contributed by atoms with Gasteiger partial charge in [0, 0.05) is 11.3 Å². The Morgan fingerprint density at radius 1 is 1.07 bits per heavy atom. The first kappa shape index (κ1) is 21.7. The number of aromatic nitrogens is 1. The van der Waals surface area contributed by atoms with Crippen molar-refractivity contribution in [1.29, 1.82) is 0 Å². The average Bonchev–Trinajstić information content (AvgIpc) is 3.12. The third-order valence-corrected chi connectivity index (χ3v) is 6.16. The second-order valence-corrected chi connectivity index (χ2v) is 8.29. The summed E-state index contributed by atoms with van der Waals surface area (Å²) >= 11 is 1.28. The molecule has 0 saturated carbocycles. The van der Waals surface area contributed by atoms with Gasteiger partial charge in [0.05, 0.1) is 5.69 Å². The summed E-state index contributed by atoms with van der Waals surface area (Å²) in [7, 11) is 0. The number of hydrogen-bond acceptors (Lipinski definition) is 5. The van der Waals surface area contributed by atoms with E-state index in [9.17, 15) is 9.59 Å². The molecule has 6 heteroatoms. The van der Waals surface area contributed by atoms with Gasteiger partial charge in [0.15, 0.2) is 6.10 Å². The Labute approximate surface area is 181 Å². The molecule has 5 nitrogen and oxygen atoms in total. The number of thiazole rings is 1. The molecule has 0 saturated heterocycles. The lowest BCUT2D eigenvalue weighted by atomic mass is 10.1. The molecule has 0 radical (unpaired) electrons. The molecule has 3 aromatic rings. The summed E-state index contributed by atoms with van der Waals surface area (Å²) in [6.07, 6.45) is 0.0433. The van der Waals surface area contributed by atoms with Crippen molar-refractivity contribution in [3.63, 3.8) is 0 Å². The van der Waals surface area contributed by atoms with Crippen LogP contribution in [0.4, 0.5) is 5.69 Å². The highest BCUT2D eigenvalue weighted by molar-refractivity contribution is 7.17. The van der Waals surface area contributed by atoms with Crippen LogP contribution in [0.15, 0.2) is 42.5 Å². The zero-order valence-corrected chi connectivity index (χ0v) is 18.7. The number of rotatable bonds is 6. The Kier molecular flexibility index (Phi) is 6.67. The Balaban J connectivity index is 1.70. The first-order valence-corrected chi connectivity index (χ1v) is 10.8. The molecule has 0 aliphatic heterocycles. The fourth-order valence-corrected chi connectivity index (χ4v) is 4.05. The standard InChI is InChI=1S/C24H26N2O3S/c1-6-18-10-12-19(13-11-18)23-25-16(4)21(30-23)24(28)29-17(5)22(27)26-20-14(2)8-7-9-15(20)3/h7-13,17H,6H2,1-5H3,(H,26,27)/t17-/m1/s1. The summed E-state index contributed by atoms with van der Waals surface area (Å²) in [6, 6.07) is 13.9. The maximum absolute atomic E-state index is 12.7. The highest BCUT2D eigenvalue weighted by Crippen LogP contribution is 2.29. The summed E-state index contributed by atoms with van der Waals surface area (Å²) in [5.41, 5.74) is 5.47. The van der Waals surface area contributed by atoms with Crippen LogP contribution in [0.1, 0.15) is 45.9 Å². The number of ether oxygens (including phenoxy) is 1. The predicted molar refractivity (Wildman–Crippen MR) is 121 cm³/mol. The van der Waals surface area contributed by atoms with Gasteiger partial charge in [-0.15, -0.1) is 11.3 Å². The molecule has 1 N–H and O–H groups in total. The van der Waals surface area contributed by atoms with Crippen LogP contribution in [0.5, 0.6) is 0 Å². The topological polar surface area (TPSA) is 68.3 Å². The van der Waals surface area contributed by atoms with Gasteiger partial charge in [0.1, 0.15) is 9.88 Å². The minimum atomic E-state index is -0.926. The third kappa shape index (κ3) is 4.76. The van der Waals surface area contributed by atoms with Gasteiger partial charge < -0.3 is 10.1 Å². The van der Waals surface area contributed by atoms with Gasteiger partial charge in [0.2, 0.25) is 0 Å². The molecule has 0 aliphatic carbocycles. The van der Waals surface area contributed by atoms with E-state index in [1.807, 2.05) is 44.2 Å². The van der Waals surface area contributed by atoms with Crippen molar-refractivity contribution >= 4 is 28.9 Å². The lowest BCUT2D eigenvalue weighted by molar-refractivity contribution is -0.123. The van der Waals surface area contributed by atoms with Gasteiger partial charge in [-0.05, 0) is 50.8 Å². The first-order chi connectivity index (χ1) is 14.3. The van der Waals surface area contributed by atoms with E-state index in [-0.39, 0.29) is 5.91 Å². The molecule has 156 valence electrons. The number of para-hydroxylation sites is 1. The highest BCUT2D eigenvalue weighted by atomic mass is 32.1. The molecule has 1 heterocycles. The van der Waals surface area contributed by atoms with Crippen LogP contribution in [-0.4, -0.2) is 23.0 Å². The van der Waals surface area contributed by atoms with Crippen molar-refractivity contribution in [3.05, 3.63) is 69.7 Å². The van der Waals surface area contributed by atoms with E-state index in [0.717, 1.165) is 33.8 Å². The van der Waals surface area contributed by atoms with Gasteiger partial charge in [-0.25, -0.2) is 9.78 Å². The van der Waals surface area contributed by atoms with Crippen LogP contribution < -0.4 is 5.32 Å². The molecule has 1 amide bonds. The van der Waals surface area contributed by atoms with Crippen LogP contribution in [-0.2, 0) is 16.0 Å². The maximum atomic E-state index is 12.7. The van der Waals surface area contributed by atoms with Gasteiger partial charge >= 0.3 is 5.97 Å². The van der Waals surface area contributed by atoms with Gasteiger partial charge in [-0.3, -0.25) is 4.79 Å². The van der Waals surface area contributed by atoms with Crippen molar-refractivity contribution in [2.75, 3.05) is 5.32 Å². The van der Waals surface area contributed by atoms with Crippen LogP contribution in [0.2, 0.25) is 0 Å². The molecule has 0 unspecified atom stereocenters. The predicted octanol–water partition coefficient (Wildman–Crippen LogP) is 5.48. The number of carbonyl (C=O) groups is 2. The normalized spacial score (nSPS) is 11.8. The number of benzene rings is 2. The third-order valence-electron chi connectivity index (χ3n) is 4.97. The van der Waals surface area contributed by atoms with Gasteiger partial charge in [-0.2, -0.15) is 0 Å². The van der Waals surface area contributed by atoms with E-state index in [2.05, 4.69) is 29.4 Å². The average molecular weight is 423 g/mol. The molecular formula is C24H26N2O3S. The Hall–Kier alpha value is -2.99. The number of amides is 1. The summed E-state index contributed by atoms with van der Waals surface area (Å²) in [5.74, 6) is -0.899. The van der Waals surface area contributed by atoms with E-state index in [1.54, 1.807) is 13.8 Å². The smallest absolute Gasteiger partial charge is 0.351 e. The van der Waals surface area contributed by atoms with Crippen LogP contribution in [0.25, 0.3) is 10.6 Å². The lowest BCUT2D eigenvalue weighted by Gasteiger charge is -2.16. The van der Waals surface area contributed by atoms with Gasteiger partial charge in [-0.1, -0.05) is 49.4 Å². The molecular weight excluding hydrogens is 396 g/mol. The van der Waals surface area contributed by atoms with E-state index < -0.39 is 12.1 Å². The van der Waals surface area contributed by atoms with Crippen molar-refractivity contribution in [3.8, 4) is 10.6 Å². The SMILES string of the molecule is CCc1ccc(-c2nc(C)c(C(=O)O[C@H](C)C(=O)Nc3c(C)cccc3C)s2)cc1. The number of nitrogens with one attached hydrogen (secondary N) is 1. The Bertz CT molecular complexity index is 1050. The van der Waals surface area contributed by atoms with E-state index >= 15 is 0 Å². The van der Waals surface area contributed by atoms with Crippen molar-refractivity contribution in [2.45, 2.75) is 47.1 Å². The van der Waals surface area contributed by atoms with Crippen molar-refractivity contribution < 1.29 is 14.3 Å². The quantitative estimate of drug-likeness (QED) is 0.534. The van der Waals surface area contributed by atoms with Crippen LogP contribution >= 0.6 is 11.3 Å². The summed E-state index contributed by atoms with van der Waals surface area (Å²) < 4.78 is 5.44. The fraction of sp³-hybridized carbons (Fsp3) is 0.292. The van der Waals surface area contributed by atoms with E-state index in [0.29, 0.717) is 10.6 Å². The van der Waals surface area contributed by atoms with E-state index in [1.165, 1.54) is 16.9 Å². The minimum Gasteiger partial charge on any atom is -0.448 e. The summed E-state index contributed by atoms with van der Waals surface area (Å²) in [5, 5.41) is 3.62. The second kappa shape index (κ2) is 9.22.